The molecule has 21 heavy (non-hydrogen) atoms. The lowest BCUT2D eigenvalue weighted by molar-refractivity contribution is -0.144. The van der Waals surface area contributed by atoms with Crippen molar-refractivity contribution < 1.29 is 19.2 Å². The molecule has 1 aliphatic carbocycles. The molecule has 0 radical (unpaired) electrons. The monoisotopic (exact) mass is 308 g/mol. The van der Waals surface area contributed by atoms with Gasteiger partial charge < -0.3 is 14.4 Å². The van der Waals surface area contributed by atoms with Gasteiger partial charge in [0, 0.05) is 10.9 Å². The van der Waals surface area contributed by atoms with Crippen LogP contribution in [0.15, 0.2) is 21.3 Å². The SMILES string of the molecule is O=C(O)C1CCC(OCc2nc(-c3ccsc3)no2)CC1. The first kappa shape index (κ1) is 14.2. The molecule has 0 bridgehead atoms. The summed E-state index contributed by atoms with van der Waals surface area (Å²) < 4.78 is 10.9. The van der Waals surface area contributed by atoms with E-state index in [2.05, 4.69) is 10.1 Å². The number of rotatable bonds is 5. The summed E-state index contributed by atoms with van der Waals surface area (Å²) in [5.74, 6) is 0.102. The molecule has 1 N–H and O–H groups in total. The van der Waals surface area contributed by atoms with Crippen molar-refractivity contribution in [1.82, 2.24) is 10.1 Å². The summed E-state index contributed by atoms with van der Waals surface area (Å²) in [6, 6.07) is 1.94. The van der Waals surface area contributed by atoms with Gasteiger partial charge in [-0.3, -0.25) is 4.79 Å². The lowest BCUT2D eigenvalue weighted by Gasteiger charge is -2.25. The minimum absolute atomic E-state index is 0.0806. The molecule has 0 atom stereocenters. The van der Waals surface area contributed by atoms with E-state index < -0.39 is 5.97 Å². The Bertz CT molecular complexity index is 588. The zero-order chi connectivity index (χ0) is 14.7. The average Bonchev–Trinajstić information content (AvgIpc) is 3.16. The van der Waals surface area contributed by atoms with Crippen LogP contribution < -0.4 is 0 Å². The van der Waals surface area contributed by atoms with Gasteiger partial charge in [-0.25, -0.2) is 0 Å². The number of carbonyl (C=O) groups is 1. The Hall–Kier alpha value is -1.73. The Morgan fingerprint density at radius 2 is 2.24 bits per heavy atom. The lowest BCUT2D eigenvalue weighted by Crippen LogP contribution is -2.25. The molecule has 0 saturated heterocycles. The van der Waals surface area contributed by atoms with Gasteiger partial charge in [-0.15, -0.1) is 0 Å². The van der Waals surface area contributed by atoms with Gasteiger partial charge in [0.2, 0.25) is 5.82 Å². The maximum atomic E-state index is 10.9. The fourth-order valence-corrected chi connectivity index (χ4v) is 3.12. The fourth-order valence-electron chi connectivity index (χ4n) is 2.49. The molecule has 1 fully saturated rings. The fraction of sp³-hybridized carbons (Fsp3) is 0.500. The number of hydrogen-bond acceptors (Lipinski definition) is 6. The molecule has 2 aromatic heterocycles. The first-order valence-electron chi connectivity index (χ1n) is 6.92. The molecule has 6 nitrogen and oxygen atoms in total. The Balaban J connectivity index is 1.49. The van der Waals surface area contributed by atoms with Gasteiger partial charge in [0.05, 0.1) is 12.0 Å². The van der Waals surface area contributed by atoms with Crippen LogP contribution in [0.5, 0.6) is 0 Å². The first-order chi connectivity index (χ1) is 10.2. The summed E-state index contributed by atoms with van der Waals surface area (Å²) in [5.41, 5.74) is 0.942. The van der Waals surface area contributed by atoms with Crippen LogP contribution in [0.4, 0.5) is 0 Å². The van der Waals surface area contributed by atoms with E-state index in [-0.39, 0.29) is 18.6 Å². The first-order valence-corrected chi connectivity index (χ1v) is 7.86. The second kappa shape index (κ2) is 6.36. The Morgan fingerprint density at radius 3 is 2.90 bits per heavy atom. The second-order valence-electron chi connectivity index (χ2n) is 5.15. The van der Waals surface area contributed by atoms with E-state index in [0.29, 0.717) is 24.6 Å². The molecule has 112 valence electrons. The number of thiophene rings is 1. The van der Waals surface area contributed by atoms with Crippen LogP contribution in [0.1, 0.15) is 31.6 Å². The van der Waals surface area contributed by atoms with Gasteiger partial charge in [0.15, 0.2) is 0 Å². The van der Waals surface area contributed by atoms with Crippen LogP contribution in [-0.2, 0) is 16.1 Å². The molecule has 0 aromatic carbocycles. The Morgan fingerprint density at radius 1 is 1.43 bits per heavy atom. The highest BCUT2D eigenvalue weighted by molar-refractivity contribution is 7.08. The van der Waals surface area contributed by atoms with Crippen LogP contribution in [0.3, 0.4) is 0 Å². The molecular formula is C14H16N2O4S. The van der Waals surface area contributed by atoms with Crippen molar-refractivity contribution in [2.75, 3.05) is 0 Å². The summed E-state index contributed by atoms with van der Waals surface area (Å²) in [5, 5.41) is 16.8. The Labute approximate surface area is 125 Å². The van der Waals surface area contributed by atoms with Crippen LogP contribution in [0, 0.1) is 5.92 Å². The highest BCUT2D eigenvalue weighted by Gasteiger charge is 2.26. The van der Waals surface area contributed by atoms with Gasteiger partial charge in [-0.2, -0.15) is 16.3 Å². The molecule has 7 heteroatoms. The van der Waals surface area contributed by atoms with Crippen molar-refractivity contribution in [3.05, 3.63) is 22.7 Å². The summed E-state index contributed by atoms with van der Waals surface area (Å²) in [4.78, 5) is 15.2. The number of aromatic nitrogens is 2. The van der Waals surface area contributed by atoms with E-state index in [4.69, 9.17) is 14.4 Å². The van der Waals surface area contributed by atoms with E-state index in [9.17, 15) is 4.79 Å². The van der Waals surface area contributed by atoms with Gasteiger partial charge >= 0.3 is 5.97 Å². The smallest absolute Gasteiger partial charge is 0.306 e. The lowest BCUT2D eigenvalue weighted by atomic mass is 9.87. The van der Waals surface area contributed by atoms with Crippen LogP contribution in [0.25, 0.3) is 11.4 Å². The van der Waals surface area contributed by atoms with E-state index in [1.165, 1.54) is 0 Å². The van der Waals surface area contributed by atoms with E-state index in [0.717, 1.165) is 18.4 Å². The summed E-state index contributed by atoms with van der Waals surface area (Å²) in [6.45, 7) is 0.277. The second-order valence-corrected chi connectivity index (χ2v) is 5.93. The molecule has 0 spiro atoms. The molecule has 0 unspecified atom stereocenters. The summed E-state index contributed by atoms with van der Waals surface area (Å²) in [7, 11) is 0. The number of aliphatic carboxylic acids is 1. The van der Waals surface area contributed by atoms with Gasteiger partial charge in [-0.1, -0.05) is 5.16 Å². The van der Waals surface area contributed by atoms with E-state index in [1.54, 1.807) is 11.3 Å². The van der Waals surface area contributed by atoms with Crippen molar-refractivity contribution in [2.24, 2.45) is 5.92 Å². The van der Waals surface area contributed by atoms with Gasteiger partial charge in [-0.05, 0) is 37.1 Å². The minimum atomic E-state index is -0.703. The number of hydrogen-bond donors (Lipinski definition) is 1. The van der Waals surface area contributed by atoms with Gasteiger partial charge in [0.1, 0.15) is 6.61 Å². The normalized spacial score (nSPS) is 22.3. The number of carboxylic acids is 1. The zero-order valence-electron chi connectivity index (χ0n) is 11.4. The summed E-state index contributed by atoms with van der Waals surface area (Å²) in [6.07, 6.45) is 2.95. The van der Waals surface area contributed by atoms with Crippen molar-refractivity contribution in [3.63, 3.8) is 0 Å². The largest absolute Gasteiger partial charge is 0.481 e. The third-order valence-electron chi connectivity index (χ3n) is 3.71. The number of nitrogens with zero attached hydrogens (tertiary/aromatic N) is 2. The zero-order valence-corrected chi connectivity index (χ0v) is 12.2. The highest BCUT2D eigenvalue weighted by Crippen LogP contribution is 2.27. The topological polar surface area (TPSA) is 85.5 Å². The summed E-state index contributed by atoms with van der Waals surface area (Å²) >= 11 is 1.58. The molecular weight excluding hydrogens is 292 g/mol. The van der Waals surface area contributed by atoms with Crippen molar-refractivity contribution in [3.8, 4) is 11.4 Å². The maximum Gasteiger partial charge on any atom is 0.306 e. The molecule has 1 aliphatic rings. The predicted molar refractivity (Wildman–Crippen MR) is 75.8 cm³/mol. The van der Waals surface area contributed by atoms with E-state index in [1.807, 2.05) is 16.8 Å². The number of carboxylic acid groups (broad SMARTS) is 1. The molecule has 1 saturated carbocycles. The Kier molecular flexibility index (Phi) is 4.31. The third-order valence-corrected chi connectivity index (χ3v) is 4.40. The van der Waals surface area contributed by atoms with Crippen LogP contribution in [-0.4, -0.2) is 27.3 Å². The number of ether oxygens (including phenoxy) is 1. The minimum Gasteiger partial charge on any atom is -0.481 e. The highest BCUT2D eigenvalue weighted by atomic mass is 32.1. The molecule has 2 aromatic rings. The predicted octanol–water partition coefficient (Wildman–Crippen LogP) is 2.96. The molecule has 0 aliphatic heterocycles. The van der Waals surface area contributed by atoms with Crippen molar-refractivity contribution in [2.45, 2.75) is 38.4 Å². The van der Waals surface area contributed by atoms with Crippen molar-refractivity contribution in [1.29, 1.82) is 0 Å². The molecule has 3 rings (SSSR count). The van der Waals surface area contributed by atoms with Crippen molar-refractivity contribution >= 4 is 17.3 Å². The van der Waals surface area contributed by atoms with E-state index >= 15 is 0 Å². The van der Waals surface area contributed by atoms with Gasteiger partial charge in [0.25, 0.3) is 5.89 Å². The van der Waals surface area contributed by atoms with Crippen LogP contribution in [0.2, 0.25) is 0 Å². The molecule has 0 amide bonds. The standard InChI is InChI=1S/C14H16N2O4S/c17-14(18)9-1-3-11(4-2-9)19-7-12-15-13(16-20-12)10-5-6-21-8-10/h5-6,8-9,11H,1-4,7H2,(H,17,18). The third kappa shape index (κ3) is 3.48. The molecule has 2 heterocycles. The quantitative estimate of drug-likeness (QED) is 0.914. The maximum absolute atomic E-state index is 10.9. The van der Waals surface area contributed by atoms with Crippen LogP contribution >= 0.6 is 11.3 Å². The average molecular weight is 308 g/mol.